The maximum Gasteiger partial charge on any atom is 0.258 e. The van der Waals surface area contributed by atoms with E-state index in [9.17, 15) is 4.79 Å². The quantitative estimate of drug-likeness (QED) is 0.890. The molecule has 0 radical (unpaired) electrons. The van der Waals surface area contributed by atoms with E-state index >= 15 is 0 Å². The van der Waals surface area contributed by atoms with Gasteiger partial charge < -0.3 is 14.8 Å². The van der Waals surface area contributed by atoms with Crippen LogP contribution < -0.4 is 14.8 Å². The Kier molecular flexibility index (Phi) is 5.16. The van der Waals surface area contributed by atoms with Crippen LogP contribution in [-0.2, 0) is 11.3 Å². The number of amides is 1. The van der Waals surface area contributed by atoms with Gasteiger partial charge in [-0.1, -0.05) is 6.07 Å². The van der Waals surface area contributed by atoms with Crippen molar-refractivity contribution in [1.29, 1.82) is 0 Å². The third-order valence-corrected chi connectivity index (χ3v) is 3.93. The number of nitrogens with zero attached hydrogens (tertiary/aromatic N) is 1. The summed E-state index contributed by atoms with van der Waals surface area (Å²) in [5.74, 6) is 1.14. The summed E-state index contributed by atoms with van der Waals surface area (Å²) < 4.78 is 10.5. The molecule has 2 rings (SSSR count). The smallest absolute Gasteiger partial charge is 0.258 e. The van der Waals surface area contributed by atoms with Gasteiger partial charge in [0, 0.05) is 10.9 Å². The van der Waals surface area contributed by atoms with Gasteiger partial charge in [-0.25, -0.2) is 4.98 Å². The largest absolute Gasteiger partial charge is 0.497 e. The molecule has 0 aliphatic carbocycles. The fourth-order valence-corrected chi connectivity index (χ4v) is 2.68. The van der Waals surface area contributed by atoms with Crippen molar-refractivity contribution < 1.29 is 14.3 Å². The molecule has 1 aromatic heterocycles. The van der Waals surface area contributed by atoms with Gasteiger partial charge in [0.25, 0.3) is 5.91 Å². The number of carbonyl (C=O) groups is 1. The van der Waals surface area contributed by atoms with Crippen molar-refractivity contribution in [2.75, 3.05) is 13.7 Å². The van der Waals surface area contributed by atoms with Gasteiger partial charge in [0.15, 0.2) is 6.61 Å². The minimum absolute atomic E-state index is 0.0238. The van der Waals surface area contributed by atoms with E-state index in [-0.39, 0.29) is 12.5 Å². The zero-order valence-corrected chi connectivity index (χ0v) is 13.1. The van der Waals surface area contributed by atoms with Gasteiger partial charge in [-0.2, -0.15) is 0 Å². The van der Waals surface area contributed by atoms with Crippen molar-refractivity contribution in [2.24, 2.45) is 0 Å². The van der Waals surface area contributed by atoms with E-state index < -0.39 is 0 Å². The Balaban J connectivity index is 1.80. The topological polar surface area (TPSA) is 60.5 Å². The van der Waals surface area contributed by atoms with Crippen LogP contribution in [0.3, 0.4) is 0 Å². The van der Waals surface area contributed by atoms with Crippen LogP contribution >= 0.6 is 11.3 Å². The second kappa shape index (κ2) is 7.08. The third kappa shape index (κ3) is 4.46. The van der Waals surface area contributed by atoms with Crippen LogP contribution in [0, 0.1) is 13.8 Å². The van der Waals surface area contributed by atoms with Gasteiger partial charge in [0.1, 0.15) is 11.5 Å². The van der Waals surface area contributed by atoms with E-state index in [0.717, 1.165) is 15.6 Å². The summed E-state index contributed by atoms with van der Waals surface area (Å²) in [6, 6.07) is 7.16. The molecule has 0 spiro atoms. The Bertz CT molecular complexity index is 625. The highest BCUT2D eigenvalue weighted by Gasteiger charge is 2.08. The molecule has 1 amide bonds. The molecule has 2 aromatic rings. The fourth-order valence-electron chi connectivity index (χ4n) is 1.81. The van der Waals surface area contributed by atoms with E-state index in [1.165, 1.54) is 0 Å². The molecule has 112 valence electrons. The summed E-state index contributed by atoms with van der Waals surface area (Å²) in [5.41, 5.74) is 0.964. The monoisotopic (exact) mass is 306 g/mol. The van der Waals surface area contributed by atoms with Crippen LogP contribution in [0.4, 0.5) is 0 Å². The van der Waals surface area contributed by atoms with Crippen LogP contribution in [-0.4, -0.2) is 24.6 Å². The molecule has 0 atom stereocenters. The first-order valence-electron chi connectivity index (χ1n) is 6.55. The normalized spacial score (nSPS) is 10.2. The molecule has 0 saturated carbocycles. The van der Waals surface area contributed by atoms with Crippen molar-refractivity contribution in [3.63, 3.8) is 0 Å². The van der Waals surface area contributed by atoms with Gasteiger partial charge in [0.05, 0.1) is 24.4 Å². The van der Waals surface area contributed by atoms with Crippen LogP contribution in [0.2, 0.25) is 0 Å². The van der Waals surface area contributed by atoms with E-state index in [2.05, 4.69) is 10.3 Å². The number of hydrogen-bond acceptors (Lipinski definition) is 5. The molecule has 0 unspecified atom stereocenters. The first-order chi connectivity index (χ1) is 10.1. The molecule has 0 saturated heterocycles. The lowest BCUT2D eigenvalue weighted by molar-refractivity contribution is -0.123. The summed E-state index contributed by atoms with van der Waals surface area (Å²) >= 11 is 1.59. The van der Waals surface area contributed by atoms with Gasteiger partial charge in [-0.3, -0.25) is 4.79 Å². The highest BCUT2D eigenvalue weighted by atomic mass is 32.1. The Morgan fingerprint density at radius 2 is 2.10 bits per heavy atom. The van der Waals surface area contributed by atoms with Crippen LogP contribution in [0.1, 0.15) is 15.6 Å². The van der Waals surface area contributed by atoms with E-state index in [1.807, 2.05) is 26.0 Å². The number of carbonyl (C=O) groups excluding carboxylic acids is 1. The standard InChI is InChI=1S/C15H18N2O3S/c1-10-14(21-11(2)17-10)8-16-15(18)9-20-13-6-4-5-12(7-13)19-3/h4-7H,8-9H2,1-3H3,(H,16,18). The maximum atomic E-state index is 11.8. The molecule has 1 aromatic carbocycles. The first-order valence-corrected chi connectivity index (χ1v) is 7.36. The van der Waals surface area contributed by atoms with Crippen molar-refractivity contribution in [3.05, 3.63) is 39.8 Å². The van der Waals surface area contributed by atoms with Crippen molar-refractivity contribution in [2.45, 2.75) is 20.4 Å². The summed E-state index contributed by atoms with van der Waals surface area (Å²) in [6.07, 6.45) is 0. The lowest BCUT2D eigenvalue weighted by Gasteiger charge is -2.08. The molecule has 1 N–H and O–H groups in total. The number of methoxy groups -OCH3 is 1. The maximum absolute atomic E-state index is 11.8. The van der Waals surface area contributed by atoms with E-state index in [0.29, 0.717) is 18.0 Å². The zero-order valence-electron chi connectivity index (χ0n) is 12.3. The number of rotatable bonds is 6. The van der Waals surface area contributed by atoms with Crippen molar-refractivity contribution >= 4 is 17.2 Å². The second-order valence-electron chi connectivity index (χ2n) is 4.49. The first kappa shape index (κ1) is 15.3. The lowest BCUT2D eigenvalue weighted by Crippen LogP contribution is -2.28. The minimum Gasteiger partial charge on any atom is -0.497 e. The fraction of sp³-hybridized carbons (Fsp3) is 0.333. The molecule has 5 nitrogen and oxygen atoms in total. The predicted octanol–water partition coefficient (Wildman–Crippen LogP) is 2.46. The van der Waals surface area contributed by atoms with E-state index in [4.69, 9.17) is 9.47 Å². The molecule has 21 heavy (non-hydrogen) atoms. The number of aryl methyl sites for hydroxylation is 2. The summed E-state index contributed by atoms with van der Waals surface area (Å²) in [6.45, 7) is 4.36. The van der Waals surface area contributed by atoms with Gasteiger partial charge >= 0.3 is 0 Å². The Hall–Kier alpha value is -2.08. The van der Waals surface area contributed by atoms with Gasteiger partial charge in [0.2, 0.25) is 0 Å². The highest BCUT2D eigenvalue weighted by Crippen LogP contribution is 2.19. The average molecular weight is 306 g/mol. The minimum atomic E-state index is -0.164. The molecule has 0 aliphatic heterocycles. The lowest BCUT2D eigenvalue weighted by atomic mass is 10.3. The number of thiazole rings is 1. The number of hydrogen-bond donors (Lipinski definition) is 1. The molecule has 0 bridgehead atoms. The Morgan fingerprint density at radius 3 is 2.76 bits per heavy atom. The number of aromatic nitrogens is 1. The summed E-state index contributed by atoms with van der Waals surface area (Å²) in [5, 5.41) is 3.83. The summed E-state index contributed by atoms with van der Waals surface area (Å²) in [7, 11) is 1.59. The highest BCUT2D eigenvalue weighted by molar-refractivity contribution is 7.11. The molecular weight excluding hydrogens is 288 g/mol. The molecule has 6 heteroatoms. The van der Waals surface area contributed by atoms with Crippen LogP contribution in [0.5, 0.6) is 11.5 Å². The zero-order chi connectivity index (χ0) is 15.2. The SMILES string of the molecule is COc1cccc(OCC(=O)NCc2sc(C)nc2C)c1. The van der Waals surface area contributed by atoms with Crippen LogP contribution in [0.15, 0.2) is 24.3 Å². The predicted molar refractivity (Wildman–Crippen MR) is 81.9 cm³/mol. The Labute approximate surface area is 127 Å². The van der Waals surface area contributed by atoms with Gasteiger partial charge in [-0.15, -0.1) is 11.3 Å². The van der Waals surface area contributed by atoms with Crippen molar-refractivity contribution in [3.8, 4) is 11.5 Å². The summed E-state index contributed by atoms with van der Waals surface area (Å²) in [4.78, 5) is 17.2. The average Bonchev–Trinajstić information content (AvgIpc) is 2.81. The molecular formula is C15H18N2O3S. The Morgan fingerprint density at radius 1 is 1.33 bits per heavy atom. The van der Waals surface area contributed by atoms with Gasteiger partial charge in [-0.05, 0) is 26.0 Å². The van der Waals surface area contributed by atoms with E-state index in [1.54, 1.807) is 30.6 Å². The molecule has 0 aliphatic rings. The number of ether oxygens (including phenoxy) is 2. The van der Waals surface area contributed by atoms with Crippen LogP contribution in [0.25, 0.3) is 0 Å². The van der Waals surface area contributed by atoms with Crippen molar-refractivity contribution in [1.82, 2.24) is 10.3 Å². The number of benzene rings is 1. The molecule has 0 fully saturated rings. The number of nitrogens with one attached hydrogen (secondary N) is 1. The third-order valence-electron chi connectivity index (χ3n) is 2.86. The second-order valence-corrected chi connectivity index (χ2v) is 5.77. The molecule has 1 heterocycles.